The lowest BCUT2D eigenvalue weighted by molar-refractivity contribution is -0.297. The van der Waals surface area contributed by atoms with E-state index in [1.807, 2.05) is 0 Å². The molecular weight excluding hydrogens is 199 g/mol. The lowest BCUT2D eigenvalue weighted by atomic mass is 10.3. The van der Waals surface area contributed by atoms with Crippen LogP contribution < -0.4 is 0 Å². The van der Waals surface area contributed by atoms with Crippen LogP contribution in [-0.2, 0) is 4.74 Å². The van der Waals surface area contributed by atoms with Crippen molar-refractivity contribution in [1.82, 2.24) is 0 Å². The van der Waals surface area contributed by atoms with Crippen LogP contribution in [0.15, 0.2) is 0 Å². The van der Waals surface area contributed by atoms with Crippen LogP contribution >= 0.6 is 0 Å². The highest BCUT2D eigenvalue weighted by Gasteiger charge is 2.47. The highest BCUT2D eigenvalue weighted by Crippen LogP contribution is 2.27. The molecule has 2 unspecified atom stereocenters. The molecule has 0 heterocycles. The molecule has 2 nitrogen and oxygen atoms in total. The van der Waals surface area contributed by atoms with E-state index in [4.69, 9.17) is 5.11 Å². The molecule has 2 atom stereocenters. The van der Waals surface area contributed by atoms with E-state index < -0.39 is 31.4 Å². The average Bonchev–Trinajstić information content (AvgIpc) is 1.99. The van der Waals surface area contributed by atoms with Crippen molar-refractivity contribution < 1.29 is 31.8 Å². The van der Waals surface area contributed by atoms with Crippen LogP contribution in [-0.4, -0.2) is 36.5 Å². The van der Waals surface area contributed by atoms with Crippen molar-refractivity contribution in [3.05, 3.63) is 0 Å². The molecule has 7 heteroatoms. The summed E-state index contributed by atoms with van der Waals surface area (Å²) in [5.74, 6) is 0. The Hall–Kier alpha value is -0.430. The van der Waals surface area contributed by atoms with E-state index in [1.54, 1.807) is 0 Å². The molecule has 0 aliphatic rings. The smallest absolute Gasteiger partial charge is 0.391 e. The monoisotopic (exact) mass is 208 g/mol. The Bertz CT molecular complexity index is 150. The third kappa shape index (κ3) is 4.37. The molecule has 0 aliphatic carbocycles. The molecule has 0 rings (SSSR count). The second-order valence-corrected chi connectivity index (χ2v) is 2.46. The fourth-order valence-electron chi connectivity index (χ4n) is 0.458. The van der Waals surface area contributed by atoms with E-state index in [2.05, 4.69) is 4.74 Å². The van der Waals surface area contributed by atoms with Gasteiger partial charge in [0.15, 0.2) is 0 Å². The molecule has 0 spiro atoms. The van der Waals surface area contributed by atoms with Gasteiger partial charge in [-0.25, -0.2) is 13.2 Å². The second-order valence-electron chi connectivity index (χ2n) is 2.46. The summed E-state index contributed by atoms with van der Waals surface area (Å²) < 4.78 is 62.9. The molecule has 0 aliphatic heterocycles. The molecule has 13 heavy (non-hydrogen) atoms. The minimum absolute atomic E-state index is 0.903. The van der Waals surface area contributed by atoms with Crippen LogP contribution in [0.25, 0.3) is 0 Å². The molecule has 0 radical (unpaired) electrons. The third-order valence-electron chi connectivity index (χ3n) is 1.06. The first-order chi connectivity index (χ1) is 5.77. The summed E-state index contributed by atoms with van der Waals surface area (Å²) in [5.41, 5.74) is 0. The first-order valence-corrected chi connectivity index (χ1v) is 3.39. The Morgan fingerprint density at radius 3 is 2.08 bits per heavy atom. The lowest BCUT2D eigenvalue weighted by Gasteiger charge is -2.20. The van der Waals surface area contributed by atoms with Gasteiger partial charge in [0, 0.05) is 0 Å². The van der Waals surface area contributed by atoms with E-state index in [9.17, 15) is 22.0 Å². The molecule has 0 aromatic heterocycles. The third-order valence-corrected chi connectivity index (χ3v) is 1.06. The Labute approximate surface area is 71.3 Å². The van der Waals surface area contributed by atoms with E-state index >= 15 is 0 Å². The standard InChI is InChI=1S/C6H9F5O2/c1-3(12)2-13-6(10,11)4(7)5(8)9/h3-5,12H,2H2,1H3. The van der Waals surface area contributed by atoms with Crippen LogP contribution in [0, 0.1) is 0 Å². The van der Waals surface area contributed by atoms with E-state index in [-0.39, 0.29) is 0 Å². The largest absolute Gasteiger partial charge is 0.392 e. The van der Waals surface area contributed by atoms with Crippen molar-refractivity contribution in [2.75, 3.05) is 6.61 Å². The lowest BCUT2D eigenvalue weighted by Crippen LogP contribution is -2.39. The number of rotatable bonds is 5. The van der Waals surface area contributed by atoms with E-state index in [0.29, 0.717) is 0 Å². The number of alkyl halides is 5. The number of hydrogen-bond acceptors (Lipinski definition) is 2. The van der Waals surface area contributed by atoms with Gasteiger partial charge in [0.1, 0.15) is 0 Å². The van der Waals surface area contributed by atoms with Crippen LogP contribution in [0.4, 0.5) is 22.0 Å². The van der Waals surface area contributed by atoms with Crippen LogP contribution in [0.5, 0.6) is 0 Å². The van der Waals surface area contributed by atoms with Gasteiger partial charge in [-0.05, 0) is 6.92 Å². The number of aliphatic hydroxyl groups excluding tert-OH is 1. The van der Waals surface area contributed by atoms with Crippen molar-refractivity contribution in [1.29, 1.82) is 0 Å². The van der Waals surface area contributed by atoms with Crippen molar-refractivity contribution in [3.63, 3.8) is 0 Å². The average molecular weight is 208 g/mol. The first kappa shape index (κ1) is 12.6. The zero-order chi connectivity index (χ0) is 10.6. The molecule has 0 amide bonds. The normalized spacial score (nSPS) is 17.5. The SMILES string of the molecule is CC(O)COC(F)(F)C(F)C(F)F. The van der Waals surface area contributed by atoms with Crippen molar-refractivity contribution in [3.8, 4) is 0 Å². The highest BCUT2D eigenvalue weighted by molar-refractivity contribution is 4.70. The number of aliphatic hydroxyl groups is 1. The van der Waals surface area contributed by atoms with Crippen LogP contribution in [0.1, 0.15) is 6.92 Å². The zero-order valence-corrected chi connectivity index (χ0v) is 6.68. The summed E-state index contributed by atoms with van der Waals surface area (Å²) in [6.07, 6.45) is -13.3. The van der Waals surface area contributed by atoms with Gasteiger partial charge >= 0.3 is 6.11 Å². The Balaban J connectivity index is 4.06. The topological polar surface area (TPSA) is 29.5 Å². The van der Waals surface area contributed by atoms with Crippen molar-refractivity contribution in [2.45, 2.75) is 31.7 Å². The molecule has 0 aromatic rings. The predicted molar refractivity (Wildman–Crippen MR) is 33.5 cm³/mol. The number of ether oxygens (including phenoxy) is 1. The molecule has 0 saturated carbocycles. The number of halogens is 5. The molecule has 0 aromatic carbocycles. The van der Waals surface area contributed by atoms with Crippen LogP contribution in [0.3, 0.4) is 0 Å². The maximum atomic E-state index is 12.2. The summed E-state index contributed by atoms with van der Waals surface area (Å²) in [7, 11) is 0. The van der Waals surface area contributed by atoms with E-state index in [0.717, 1.165) is 6.92 Å². The summed E-state index contributed by atoms with van der Waals surface area (Å²) >= 11 is 0. The summed E-state index contributed by atoms with van der Waals surface area (Å²) in [4.78, 5) is 0. The first-order valence-electron chi connectivity index (χ1n) is 3.39. The Kier molecular flexibility index (Phi) is 4.55. The molecule has 0 fully saturated rings. The van der Waals surface area contributed by atoms with Gasteiger partial charge in [-0.15, -0.1) is 0 Å². The molecule has 0 bridgehead atoms. The van der Waals surface area contributed by atoms with Gasteiger partial charge in [0.25, 0.3) is 12.6 Å². The summed E-state index contributed by atoms with van der Waals surface area (Å²) in [6.45, 7) is 0.200. The Morgan fingerprint density at radius 2 is 1.77 bits per heavy atom. The predicted octanol–water partition coefficient (Wildman–Crippen LogP) is 1.58. The summed E-state index contributed by atoms with van der Waals surface area (Å²) in [6, 6.07) is 0. The second kappa shape index (κ2) is 4.71. The molecule has 0 saturated heterocycles. The van der Waals surface area contributed by atoms with E-state index in [1.165, 1.54) is 0 Å². The quantitative estimate of drug-likeness (QED) is 0.695. The minimum Gasteiger partial charge on any atom is -0.391 e. The fourth-order valence-corrected chi connectivity index (χ4v) is 0.458. The summed E-state index contributed by atoms with van der Waals surface area (Å²) in [5, 5.41) is 8.47. The van der Waals surface area contributed by atoms with Gasteiger partial charge in [0.2, 0.25) is 0 Å². The maximum absolute atomic E-state index is 12.2. The van der Waals surface area contributed by atoms with Gasteiger partial charge in [-0.2, -0.15) is 8.78 Å². The fraction of sp³-hybridized carbons (Fsp3) is 1.00. The molecule has 1 N–H and O–H groups in total. The minimum atomic E-state index is -4.56. The Morgan fingerprint density at radius 1 is 1.31 bits per heavy atom. The number of hydrogen-bond donors (Lipinski definition) is 1. The van der Waals surface area contributed by atoms with Gasteiger partial charge in [0.05, 0.1) is 12.7 Å². The molecule has 80 valence electrons. The van der Waals surface area contributed by atoms with Crippen molar-refractivity contribution >= 4 is 0 Å². The van der Waals surface area contributed by atoms with Gasteiger partial charge in [-0.1, -0.05) is 0 Å². The molecular formula is C6H9F5O2. The van der Waals surface area contributed by atoms with Crippen LogP contribution in [0.2, 0.25) is 0 Å². The van der Waals surface area contributed by atoms with Crippen molar-refractivity contribution in [2.24, 2.45) is 0 Å². The highest BCUT2D eigenvalue weighted by atomic mass is 19.3. The zero-order valence-electron chi connectivity index (χ0n) is 6.68. The van der Waals surface area contributed by atoms with Gasteiger partial charge < -0.3 is 9.84 Å². The van der Waals surface area contributed by atoms with Gasteiger partial charge in [-0.3, -0.25) is 0 Å². The maximum Gasteiger partial charge on any atom is 0.392 e.